The molecule has 1 aromatic rings. The van der Waals surface area contributed by atoms with Crippen molar-refractivity contribution in [3.8, 4) is 0 Å². The summed E-state index contributed by atoms with van der Waals surface area (Å²) in [6.45, 7) is 7.20. The van der Waals surface area contributed by atoms with E-state index in [-0.39, 0.29) is 11.3 Å². The lowest BCUT2D eigenvalue weighted by Gasteiger charge is -2.19. The van der Waals surface area contributed by atoms with Gasteiger partial charge in [-0.05, 0) is 17.4 Å². The predicted octanol–water partition coefficient (Wildman–Crippen LogP) is 0.569. The molecule has 0 bridgehead atoms. The molecule has 0 saturated carbocycles. The Morgan fingerprint density at radius 1 is 1.50 bits per heavy atom. The van der Waals surface area contributed by atoms with Gasteiger partial charge in [-0.25, -0.2) is 0 Å². The van der Waals surface area contributed by atoms with E-state index in [1.54, 1.807) is 19.0 Å². The van der Waals surface area contributed by atoms with E-state index in [1.807, 2.05) is 0 Å². The van der Waals surface area contributed by atoms with Crippen LogP contribution < -0.4 is 0 Å². The lowest BCUT2D eigenvalue weighted by Crippen LogP contribution is -2.20. The largest absolute Gasteiger partial charge is 0.384 e. The van der Waals surface area contributed by atoms with Gasteiger partial charge in [0.2, 0.25) is 7.98 Å². The molecule has 16 heavy (non-hydrogen) atoms. The highest BCUT2D eigenvalue weighted by molar-refractivity contribution is 6.19. The SMILES string of the molecule is BN1Cc2c(CC(C)(C)C)cnnc2C1=O. The second-order valence-electron chi connectivity index (χ2n) is 5.60. The maximum Gasteiger partial charge on any atom is 0.262 e. The lowest BCUT2D eigenvalue weighted by atomic mass is 9.87. The summed E-state index contributed by atoms with van der Waals surface area (Å²) in [6.07, 6.45) is 2.71. The van der Waals surface area contributed by atoms with Crippen molar-refractivity contribution in [1.29, 1.82) is 0 Å². The molecule has 1 aliphatic heterocycles. The molecule has 0 spiro atoms. The van der Waals surface area contributed by atoms with Crippen LogP contribution in [-0.2, 0) is 13.0 Å². The van der Waals surface area contributed by atoms with Gasteiger partial charge >= 0.3 is 0 Å². The van der Waals surface area contributed by atoms with E-state index in [9.17, 15) is 4.79 Å². The van der Waals surface area contributed by atoms with E-state index in [0.29, 0.717) is 12.2 Å². The van der Waals surface area contributed by atoms with Crippen LogP contribution in [0, 0.1) is 5.41 Å². The molecule has 2 rings (SSSR count). The molecule has 84 valence electrons. The van der Waals surface area contributed by atoms with Gasteiger partial charge in [0.1, 0.15) is 0 Å². The number of fused-ring (bicyclic) bond motifs is 1. The third-order valence-corrected chi connectivity index (χ3v) is 2.71. The number of rotatable bonds is 1. The molecule has 0 saturated heterocycles. The van der Waals surface area contributed by atoms with E-state index in [2.05, 4.69) is 31.0 Å². The smallest absolute Gasteiger partial charge is 0.262 e. The average Bonchev–Trinajstić information content (AvgIpc) is 2.43. The number of aromatic nitrogens is 2. The maximum atomic E-state index is 11.7. The zero-order valence-corrected chi connectivity index (χ0v) is 10.2. The second-order valence-corrected chi connectivity index (χ2v) is 5.60. The summed E-state index contributed by atoms with van der Waals surface area (Å²) in [7, 11) is 1.80. The summed E-state index contributed by atoms with van der Waals surface area (Å²) in [5, 5.41) is 7.87. The van der Waals surface area contributed by atoms with Crippen molar-refractivity contribution in [2.24, 2.45) is 5.41 Å². The summed E-state index contributed by atoms with van der Waals surface area (Å²) in [4.78, 5) is 13.4. The number of amides is 1. The quantitative estimate of drug-likeness (QED) is 0.646. The first-order chi connectivity index (χ1) is 7.38. The van der Waals surface area contributed by atoms with Crippen LogP contribution in [0.5, 0.6) is 0 Å². The zero-order valence-electron chi connectivity index (χ0n) is 10.2. The first-order valence-electron chi connectivity index (χ1n) is 5.47. The van der Waals surface area contributed by atoms with Crippen molar-refractivity contribution in [2.75, 3.05) is 0 Å². The molecular weight excluding hydrogens is 201 g/mol. The molecular formula is C11H16BN3O. The van der Waals surface area contributed by atoms with Gasteiger partial charge in [-0.3, -0.25) is 4.79 Å². The van der Waals surface area contributed by atoms with Crippen LogP contribution in [0.3, 0.4) is 0 Å². The minimum Gasteiger partial charge on any atom is -0.384 e. The molecule has 0 unspecified atom stereocenters. The first kappa shape index (κ1) is 11.1. The van der Waals surface area contributed by atoms with Crippen LogP contribution in [0.25, 0.3) is 0 Å². The van der Waals surface area contributed by atoms with Gasteiger partial charge in [0.15, 0.2) is 5.69 Å². The first-order valence-corrected chi connectivity index (χ1v) is 5.47. The Morgan fingerprint density at radius 3 is 2.81 bits per heavy atom. The van der Waals surface area contributed by atoms with Crippen LogP contribution in [-0.4, -0.2) is 28.9 Å². The van der Waals surface area contributed by atoms with Crippen LogP contribution in [0.4, 0.5) is 0 Å². The highest BCUT2D eigenvalue weighted by atomic mass is 16.2. The molecule has 0 atom stereocenters. The molecule has 1 aliphatic rings. The number of hydrogen-bond acceptors (Lipinski definition) is 3. The fourth-order valence-corrected chi connectivity index (χ4v) is 2.01. The Hall–Kier alpha value is -1.39. The van der Waals surface area contributed by atoms with Crippen molar-refractivity contribution in [3.63, 3.8) is 0 Å². The van der Waals surface area contributed by atoms with E-state index in [0.717, 1.165) is 17.5 Å². The summed E-state index contributed by atoms with van der Waals surface area (Å²) in [5.41, 5.74) is 2.93. The van der Waals surface area contributed by atoms with Gasteiger partial charge in [-0.15, -0.1) is 5.10 Å². The zero-order chi connectivity index (χ0) is 11.9. The lowest BCUT2D eigenvalue weighted by molar-refractivity contribution is 0.0875. The molecule has 0 aromatic carbocycles. The molecule has 0 radical (unpaired) electrons. The number of carbonyl (C=O) groups is 1. The summed E-state index contributed by atoms with van der Waals surface area (Å²) in [5.74, 6) is -0.0155. The Bertz CT molecular complexity index is 439. The third-order valence-electron chi connectivity index (χ3n) is 2.71. The average molecular weight is 217 g/mol. The normalized spacial score (nSPS) is 15.4. The van der Waals surface area contributed by atoms with Crippen molar-refractivity contribution in [1.82, 2.24) is 15.0 Å². The molecule has 0 aliphatic carbocycles. The Kier molecular flexibility index (Phi) is 2.48. The molecule has 1 amide bonds. The monoisotopic (exact) mass is 217 g/mol. The second kappa shape index (κ2) is 3.58. The van der Waals surface area contributed by atoms with Gasteiger partial charge < -0.3 is 4.81 Å². The summed E-state index contributed by atoms with van der Waals surface area (Å²) >= 11 is 0. The van der Waals surface area contributed by atoms with Crippen LogP contribution >= 0.6 is 0 Å². The van der Waals surface area contributed by atoms with Crippen LogP contribution in [0.15, 0.2) is 6.20 Å². The topological polar surface area (TPSA) is 46.1 Å². The van der Waals surface area contributed by atoms with Gasteiger partial charge in [0, 0.05) is 12.1 Å². The van der Waals surface area contributed by atoms with Crippen molar-refractivity contribution in [3.05, 3.63) is 23.0 Å². The highest BCUT2D eigenvalue weighted by Gasteiger charge is 2.29. The molecule has 5 heteroatoms. The fraction of sp³-hybridized carbons (Fsp3) is 0.545. The molecule has 1 aromatic heterocycles. The van der Waals surface area contributed by atoms with E-state index >= 15 is 0 Å². The van der Waals surface area contributed by atoms with Gasteiger partial charge in [0.25, 0.3) is 5.91 Å². The van der Waals surface area contributed by atoms with Gasteiger partial charge in [0.05, 0.1) is 6.20 Å². The van der Waals surface area contributed by atoms with Crippen LogP contribution in [0.2, 0.25) is 0 Å². The van der Waals surface area contributed by atoms with E-state index < -0.39 is 0 Å². The highest BCUT2D eigenvalue weighted by Crippen LogP contribution is 2.27. The number of hydrogen-bond donors (Lipinski definition) is 0. The summed E-state index contributed by atoms with van der Waals surface area (Å²) in [6, 6.07) is 0. The molecule has 0 fully saturated rings. The van der Waals surface area contributed by atoms with Gasteiger partial charge in [-0.2, -0.15) is 5.10 Å². The predicted molar refractivity (Wildman–Crippen MR) is 63.6 cm³/mol. The number of carbonyl (C=O) groups excluding carboxylic acids is 1. The van der Waals surface area contributed by atoms with Gasteiger partial charge in [-0.1, -0.05) is 20.8 Å². The minimum atomic E-state index is -0.0155. The van der Waals surface area contributed by atoms with E-state index in [1.165, 1.54) is 0 Å². The summed E-state index contributed by atoms with van der Waals surface area (Å²) < 4.78 is 0. The Labute approximate surface area is 96.5 Å². The van der Waals surface area contributed by atoms with Crippen molar-refractivity contribution < 1.29 is 4.79 Å². The van der Waals surface area contributed by atoms with E-state index in [4.69, 9.17) is 0 Å². The maximum absolute atomic E-state index is 11.7. The Morgan fingerprint density at radius 2 is 2.19 bits per heavy atom. The molecule has 0 N–H and O–H groups in total. The Balaban J connectivity index is 2.40. The molecule has 4 nitrogen and oxygen atoms in total. The van der Waals surface area contributed by atoms with Crippen molar-refractivity contribution >= 4 is 13.9 Å². The molecule has 2 heterocycles. The third kappa shape index (κ3) is 1.94. The fourth-order valence-electron chi connectivity index (χ4n) is 2.01. The number of nitrogens with zero attached hydrogens (tertiary/aromatic N) is 3. The van der Waals surface area contributed by atoms with Crippen LogP contribution in [0.1, 0.15) is 42.4 Å². The standard InChI is InChI=1S/C11H16BN3O/c1-11(2,3)4-7-5-13-14-9-8(7)6-15(12)10(9)16/h5H,4,6,12H2,1-3H3. The minimum absolute atomic E-state index is 0.0155. The van der Waals surface area contributed by atoms with Crippen molar-refractivity contribution in [2.45, 2.75) is 33.7 Å².